The van der Waals surface area contributed by atoms with Gasteiger partial charge < -0.3 is 10.6 Å². The molecule has 2 unspecified atom stereocenters. The lowest BCUT2D eigenvalue weighted by Crippen LogP contribution is -2.45. The molecule has 0 saturated heterocycles. The average Bonchev–Trinajstić information content (AvgIpc) is 3.08. The molecule has 2 saturated carbocycles. The minimum Gasteiger partial charge on any atom is -0.354 e. The van der Waals surface area contributed by atoms with Gasteiger partial charge in [-0.1, -0.05) is 32.6 Å². The average molecular weight is 237 g/mol. The Morgan fingerprint density at radius 1 is 1.18 bits per heavy atom. The molecule has 3 nitrogen and oxygen atoms in total. The molecule has 0 bridgehead atoms. The van der Waals surface area contributed by atoms with Crippen molar-refractivity contribution in [3.8, 4) is 0 Å². The van der Waals surface area contributed by atoms with Gasteiger partial charge in [0.05, 0.1) is 0 Å². The number of hydrogen-bond donors (Lipinski definition) is 2. The van der Waals surface area contributed by atoms with Gasteiger partial charge in [0.25, 0.3) is 0 Å². The fraction of sp³-hybridized carbons (Fsp3) is 0.929. The van der Waals surface area contributed by atoms with Crippen molar-refractivity contribution in [3.05, 3.63) is 0 Å². The first kappa shape index (κ1) is 12.7. The van der Waals surface area contributed by atoms with Crippen LogP contribution in [0.1, 0.15) is 58.3 Å². The van der Waals surface area contributed by atoms with Gasteiger partial charge in [-0.15, -0.1) is 0 Å². The van der Waals surface area contributed by atoms with Gasteiger partial charge >= 0.3 is 0 Å². The molecule has 3 heteroatoms. The largest absolute Gasteiger partial charge is 0.354 e. The molecule has 2 rings (SSSR count). The topological polar surface area (TPSA) is 36.4 Å². The molecule has 2 aliphatic carbocycles. The van der Waals surface area contributed by atoms with Gasteiger partial charge in [0, 0.05) is 19.1 Å². The smallest absolute Gasteiger partial charge is 0.191 e. The molecule has 2 atom stereocenters. The minimum absolute atomic E-state index is 0.651. The van der Waals surface area contributed by atoms with Crippen molar-refractivity contribution in [3.63, 3.8) is 0 Å². The first-order valence-corrected chi connectivity index (χ1v) is 7.33. The highest BCUT2D eigenvalue weighted by molar-refractivity contribution is 5.80. The first-order valence-electron chi connectivity index (χ1n) is 7.33. The second-order valence-corrected chi connectivity index (χ2v) is 5.59. The van der Waals surface area contributed by atoms with Crippen molar-refractivity contribution in [2.24, 2.45) is 10.9 Å². The van der Waals surface area contributed by atoms with Gasteiger partial charge in [-0.05, 0) is 31.6 Å². The van der Waals surface area contributed by atoms with Crippen LogP contribution in [0.25, 0.3) is 0 Å². The Morgan fingerprint density at radius 2 is 1.94 bits per heavy atom. The van der Waals surface area contributed by atoms with Crippen LogP contribution in [-0.4, -0.2) is 25.1 Å². The second kappa shape index (κ2) is 6.27. The SMILES string of the molecule is CCCC1CC1NC(=NC)NC1CCCCC1. The monoisotopic (exact) mass is 237 g/mol. The third-order valence-corrected chi connectivity index (χ3v) is 4.07. The predicted molar refractivity (Wildman–Crippen MR) is 73.3 cm³/mol. The van der Waals surface area contributed by atoms with Crippen LogP contribution in [-0.2, 0) is 0 Å². The molecule has 2 fully saturated rings. The maximum Gasteiger partial charge on any atom is 0.191 e. The predicted octanol–water partition coefficient (Wildman–Crippen LogP) is 2.67. The molecule has 0 heterocycles. The number of aliphatic imine (C=N–C) groups is 1. The molecule has 0 aromatic rings. The lowest BCUT2D eigenvalue weighted by molar-refractivity contribution is 0.409. The minimum atomic E-state index is 0.651. The number of hydrogen-bond acceptors (Lipinski definition) is 1. The quantitative estimate of drug-likeness (QED) is 0.582. The summed E-state index contributed by atoms with van der Waals surface area (Å²) in [5, 5.41) is 7.14. The van der Waals surface area contributed by atoms with E-state index in [2.05, 4.69) is 22.5 Å². The molecule has 0 aliphatic heterocycles. The standard InChI is InChI=1S/C14H27N3/c1-3-7-11-10-13(11)17-14(15-2)16-12-8-5-4-6-9-12/h11-13H,3-10H2,1-2H3,(H2,15,16,17). The van der Waals surface area contributed by atoms with Gasteiger partial charge in [-0.3, -0.25) is 4.99 Å². The summed E-state index contributed by atoms with van der Waals surface area (Å²) in [5.74, 6) is 1.92. The third kappa shape index (κ3) is 3.90. The number of rotatable bonds is 4. The van der Waals surface area contributed by atoms with Crippen molar-refractivity contribution in [1.82, 2.24) is 10.6 Å². The van der Waals surface area contributed by atoms with Gasteiger partial charge in [0.1, 0.15) is 0 Å². The number of nitrogens with zero attached hydrogens (tertiary/aromatic N) is 1. The van der Waals surface area contributed by atoms with E-state index in [0.29, 0.717) is 12.1 Å². The Balaban J connectivity index is 1.70. The first-order chi connectivity index (χ1) is 8.33. The van der Waals surface area contributed by atoms with Crippen LogP contribution in [0.5, 0.6) is 0 Å². The lowest BCUT2D eigenvalue weighted by Gasteiger charge is -2.25. The Morgan fingerprint density at radius 3 is 2.59 bits per heavy atom. The van der Waals surface area contributed by atoms with Crippen LogP contribution in [0.2, 0.25) is 0 Å². The molecule has 2 aliphatic rings. The summed E-state index contributed by atoms with van der Waals surface area (Å²) >= 11 is 0. The maximum atomic E-state index is 4.35. The van der Waals surface area contributed by atoms with E-state index < -0.39 is 0 Å². The van der Waals surface area contributed by atoms with Gasteiger partial charge in [0.2, 0.25) is 0 Å². The summed E-state index contributed by atoms with van der Waals surface area (Å²) in [4.78, 5) is 4.35. The Kier molecular flexibility index (Phi) is 4.69. The Bertz CT molecular complexity index is 256. The van der Waals surface area contributed by atoms with E-state index >= 15 is 0 Å². The van der Waals surface area contributed by atoms with E-state index in [1.54, 1.807) is 0 Å². The highest BCUT2D eigenvalue weighted by atomic mass is 15.2. The summed E-state index contributed by atoms with van der Waals surface area (Å²) in [6.45, 7) is 2.27. The van der Waals surface area contributed by atoms with Crippen LogP contribution in [0, 0.1) is 5.92 Å². The van der Waals surface area contributed by atoms with E-state index in [-0.39, 0.29) is 0 Å². The highest BCUT2D eigenvalue weighted by Gasteiger charge is 2.36. The molecule has 0 amide bonds. The molecule has 0 aromatic heterocycles. The highest BCUT2D eigenvalue weighted by Crippen LogP contribution is 2.34. The van der Waals surface area contributed by atoms with Crippen molar-refractivity contribution in [2.45, 2.75) is 70.4 Å². The summed E-state index contributed by atoms with van der Waals surface area (Å²) < 4.78 is 0. The molecule has 0 aromatic carbocycles. The van der Waals surface area contributed by atoms with E-state index in [1.165, 1.54) is 51.4 Å². The van der Waals surface area contributed by atoms with Crippen LogP contribution < -0.4 is 10.6 Å². The fourth-order valence-corrected chi connectivity index (χ4v) is 2.90. The zero-order valence-electron chi connectivity index (χ0n) is 11.3. The molecular formula is C14H27N3. The summed E-state index contributed by atoms with van der Waals surface area (Å²) in [7, 11) is 1.88. The van der Waals surface area contributed by atoms with E-state index in [1.807, 2.05) is 7.05 Å². The van der Waals surface area contributed by atoms with Crippen molar-refractivity contribution in [1.29, 1.82) is 0 Å². The normalized spacial score (nSPS) is 30.1. The van der Waals surface area contributed by atoms with Crippen LogP contribution >= 0.6 is 0 Å². The van der Waals surface area contributed by atoms with Gasteiger partial charge in [-0.2, -0.15) is 0 Å². The zero-order valence-corrected chi connectivity index (χ0v) is 11.3. The van der Waals surface area contributed by atoms with Crippen molar-refractivity contribution >= 4 is 5.96 Å². The maximum absolute atomic E-state index is 4.35. The van der Waals surface area contributed by atoms with Gasteiger partial charge in [0.15, 0.2) is 5.96 Å². The van der Waals surface area contributed by atoms with Crippen LogP contribution in [0.3, 0.4) is 0 Å². The van der Waals surface area contributed by atoms with Crippen LogP contribution in [0.4, 0.5) is 0 Å². The zero-order chi connectivity index (χ0) is 12.1. The molecule has 0 spiro atoms. The lowest BCUT2D eigenvalue weighted by atomic mass is 9.96. The Labute approximate surface area is 105 Å². The molecule has 0 radical (unpaired) electrons. The number of guanidine groups is 1. The second-order valence-electron chi connectivity index (χ2n) is 5.59. The molecular weight excluding hydrogens is 210 g/mol. The summed E-state index contributed by atoms with van der Waals surface area (Å²) in [6, 6.07) is 1.34. The summed E-state index contributed by atoms with van der Waals surface area (Å²) in [5.41, 5.74) is 0. The number of nitrogens with one attached hydrogen (secondary N) is 2. The molecule has 2 N–H and O–H groups in total. The van der Waals surface area contributed by atoms with Crippen LogP contribution in [0.15, 0.2) is 4.99 Å². The van der Waals surface area contributed by atoms with Crippen molar-refractivity contribution < 1.29 is 0 Å². The third-order valence-electron chi connectivity index (χ3n) is 4.07. The van der Waals surface area contributed by atoms with E-state index in [0.717, 1.165) is 11.9 Å². The summed E-state index contributed by atoms with van der Waals surface area (Å²) in [6.07, 6.45) is 10.8. The van der Waals surface area contributed by atoms with Crippen molar-refractivity contribution in [2.75, 3.05) is 7.05 Å². The molecule has 98 valence electrons. The van der Waals surface area contributed by atoms with E-state index in [4.69, 9.17) is 0 Å². The Hall–Kier alpha value is -0.730. The molecule has 17 heavy (non-hydrogen) atoms. The van der Waals surface area contributed by atoms with Gasteiger partial charge in [-0.25, -0.2) is 0 Å². The van der Waals surface area contributed by atoms with E-state index in [9.17, 15) is 0 Å². The fourth-order valence-electron chi connectivity index (χ4n) is 2.90.